The molecule has 0 unspecified atom stereocenters. The summed E-state index contributed by atoms with van der Waals surface area (Å²) >= 11 is 4.08. The first kappa shape index (κ1) is 21.6. The molecule has 0 aliphatic carbocycles. The Bertz CT molecular complexity index is 1330. The zero-order chi connectivity index (χ0) is 22.1. The SMILES string of the molecule is Cc1sc2nc(SCc3nnc(C(=O)NCc4ccc(F)cc4)s3)n(C)c(=O)c2c1C. The van der Waals surface area contributed by atoms with Crippen LogP contribution in [0.15, 0.2) is 34.2 Å². The van der Waals surface area contributed by atoms with Crippen molar-refractivity contribution in [2.75, 3.05) is 0 Å². The lowest BCUT2D eigenvalue weighted by molar-refractivity contribution is 0.0950. The van der Waals surface area contributed by atoms with Gasteiger partial charge in [0.2, 0.25) is 5.01 Å². The van der Waals surface area contributed by atoms with Gasteiger partial charge in [-0.15, -0.1) is 21.5 Å². The van der Waals surface area contributed by atoms with Crippen LogP contribution in [0.1, 0.15) is 30.8 Å². The highest BCUT2D eigenvalue weighted by molar-refractivity contribution is 7.98. The van der Waals surface area contributed by atoms with Gasteiger partial charge in [0, 0.05) is 18.5 Å². The Kier molecular flexibility index (Phi) is 6.17. The lowest BCUT2D eigenvalue weighted by Gasteiger charge is -2.06. The summed E-state index contributed by atoms with van der Waals surface area (Å²) in [6.07, 6.45) is 0. The van der Waals surface area contributed by atoms with Gasteiger partial charge in [-0.05, 0) is 37.1 Å². The van der Waals surface area contributed by atoms with Crippen LogP contribution >= 0.6 is 34.4 Å². The van der Waals surface area contributed by atoms with Gasteiger partial charge in [-0.3, -0.25) is 14.2 Å². The number of rotatable bonds is 6. The second kappa shape index (κ2) is 8.85. The van der Waals surface area contributed by atoms with E-state index in [0.29, 0.717) is 21.3 Å². The van der Waals surface area contributed by atoms with Gasteiger partial charge < -0.3 is 5.32 Å². The molecule has 1 amide bonds. The molecule has 160 valence electrons. The molecule has 1 aromatic carbocycles. The lowest BCUT2D eigenvalue weighted by Crippen LogP contribution is -2.22. The minimum absolute atomic E-state index is 0.0625. The molecule has 0 fully saturated rings. The third kappa shape index (κ3) is 4.53. The molecule has 31 heavy (non-hydrogen) atoms. The maximum absolute atomic E-state index is 13.0. The summed E-state index contributed by atoms with van der Waals surface area (Å²) in [5.41, 5.74) is 1.70. The lowest BCUT2D eigenvalue weighted by atomic mass is 10.2. The largest absolute Gasteiger partial charge is 0.346 e. The Morgan fingerprint density at radius 1 is 1.19 bits per heavy atom. The van der Waals surface area contributed by atoms with Crippen LogP contribution in [0, 0.1) is 19.7 Å². The number of aryl methyl sites for hydroxylation is 2. The smallest absolute Gasteiger partial charge is 0.282 e. The molecule has 7 nitrogen and oxygen atoms in total. The highest BCUT2D eigenvalue weighted by atomic mass is 32.2. The van der Waals surface area contributed by atoms with Gasteiger partial charge in [0.1, 0.15) is 15.7 Å². The Labute approximate surface area is 189 Å². The van der Waals surface area contributed by atoms with Crippen LogP contribution in [0.4, 0.5) is 4.39 Å². The average Bonchev–Trinajstić information content (AvgIpc) is 3.34. The number of thiophene rings is 1. The molecule has 0 aliphatic heterocycles. The van der Waals surface area contributed by atoms with Crippen molar-refractivity contribution in [3.8, 4) is 0 Å². The zero-order valence-electron chi connectivity index (χ0n) is 16.9. The number of aromatic nitrogens is 4. The summed E-state index contributed by atoms with van der Waals surface area (Å²) in [7, 11) is 1.71. The third-order valence-electron chi connectivity index (χ3n) is 4.72. The molecular formula is C20H18FN5O2S3. The average molecular weight is 476 g/mol. The van der Waals surface area contributed by atoms with Crippen molar-refractivity contribution in [3.63, 3.8) is 0 Å². The Balaban J connectivity index is 1.42. The number of hydrogen-bond acceptors (Lipinski definition) is 8. The number of halogens is 1. The summed E-state index contributed by atoms with van der Waals surface area (Å²) in [6, 6.07) is 5.92. The van der Waals surface area contributed by atoms with Gasteiger partial charge >= 0.3 is 0 Å². The predicted molar refractivity (Wildman–Crippen MR) is 121 cm³/mol. The molecule has 4 rings (SSSR count). The zero-order valence-corrected chi connectivity index (χ0v) is 19.4. The monoisotopic (exact) mass is 475 g/mol. The Morgan fingerprint density at radius 3 is 2.68 bits per heavy atom. The van der Waals surface area contributed by atoms with Crippen LogP contribution in [0.2, 0.25) is 0 Å². The van der Waals surface area contributed by atoms with Gasteiger partial charge in [-0.1, -0.05) is 35.2 Å². The highest BCUT2D eigenvalue weighted by Gasteiger charge is 2.17. The second-order valence-electron chi connectivity index (χ2n) is 6.82. The predicted octanol–water partition coefficient (Wildman–Crippen LogP) is 3.82. The van der Waals surface area contributed by atoms with Crippen molar-refractivity contribution < 1.29 is 9.18 Å². The van der Waals surface area contributed by atoms with Crippen LogP contribution in [-0.4, -0.2) is 25.7 Å². The van der Waals surface area contributed by atoms with Gasteiger partial charge in [0.15, 0.2) is 5.16 Å². The van der Waals surface area contributed by atoms with E-state index in [9.17, 15) is 14.0 Å². The van der Waals surface area contributed by atoms with Gasteiger partial charge in [-0.2, -0.15) is 0 Å². The van der Waals surface area contributed by atoms with Crippen molar-refractivity contribution in [1.29, 1.82) is 0 Å². The van der Waals surface area contributed by atoms with Crippen molar-refractivity contribution in [2.24, 2.45) is 7.05 Å². The Hall–Kier alpha value is -2.63. The van der Waals surface area contributed by atoms with E-state index >= 15 is 0 Å². The van der Waals surface area contributed by atoms with Crippen LogP contribution in [0.3, 0.4) is 0 Å². The van der Waals surface area contributed by atoms with E-state index in [-0.39, 0.29) is 28.8 Å². The molecule has 0 saturated heterocycles. The molecule has 0 radical (unpaired) electrons. The van der Waals surface area contributed by atoms with E-state index in [4.69, 9.17) is 0 Å². The molecule has 11 heteroatoms. The molecular weight excluding hydrogens is 457 g/mol. The van der Waals surface area contributed by atoms with E-state index < -0.39 is 0 Å². The first-order chi connectivity index (χ1) is 14.8. The van der Waals surface area contributed by atoms with Crippen molar-refractivity contribution >= 4 is 50.6 Å². The summed E-state index contributed by atoms with van der Waals surface area (Å²) in [6.45, 7) is 4.19. The van der Waals surface area contributed by atoms with Gasteiger partial charge in [-0.25, -0.2) is 9.37 Å². The summed E-state index contributed by atoms with van der Waals surface area (Å²) in [4.78, 5) is 31.5. The van der Waals surface area contributed by atoms with Gasteiger partial charge in [0.25, 0.3) is 11.5 Å². The summed E-state index contributed by atoms with van der Waals surface area (Å²) < 4.78 is 14.5. The number of fused-ring (bicyclic) bond motifs is 1. The van der Waals surface area contributed by atoms with Gasteiger partial charge in [0.05, 0.1) is 11.1 Å². The highest BCUT2D eigenvalue weighted by Crippen LogP contribution is 2.29. The van der Waals surface area contributed by atoms with Crippen molar-refractivity contribution in [2.45, 2.75) is 31.3 Å². The third-order valence-corrected chi connectivity index (χ3v) is 7.97. The van der Waals surface area contributed by atoms with E-state index in [1.807, 2.05) is 13.8 Å². The second-order valence-corrected chi connectivity index (χ2v) is 10.0. The number of carbonyl (C=O) groups is 1. The molecule has 0 spiro atoms. The molecule has 1 N–H and O–H groups in total. The topological polar surface area (TPSA) is 89.8 Å². The number of benzene rings is 1. The molecule has 3 heterocycles. The minimum Gasteiger partial charge on any atom is -0.346 e. The normalized spacial score (nSPS) is 11.2. The van der Waals surface area contributed by atoms with Crippen LogP contribution in [-0.2, 0) is 19.3 Å². The number of amides is 1. The number of nitrogens with one attached hydrogen (secondary N) is 1. The fourth-order valence-electron chi connectivity index (χ4n) is 2.88. The Morgan fingerprint density at radius 2 is 1.94 bits per heavy atom. The van der Waals surface area contributed by atoms with E-state index in [1.54, 1.807) is 23.7 Å². The van der Waals surface area contributed by atoms with Crippen LogP contribution in [0.25, 0.3) is 10.2 Å². The van der Waals surface area contributed by atoms with E-state index in [0.717, 1.165) is 20.8 Å². The minimum atomic E-state index is -0.338. The fourth-order valence-corrected chi connectivity index (χ4v) is 5.66. The number of carbonyl (C=O) groups excluding carboxylic acids is 1. The molecule has 0 saturated carbocycles. The number of hydrogen-bond donors (Lipinski definition) is 1. The molecule has 0 atom stereocenters. The first-order valence-electron chi connectivity index (χ1n) is 9.28. The fraction of sp³-hybridized carbons (Fsp3) is 0.250. The maximum Gasteiger partial charge on any atom is 0.282 e. The first-order valence-corrected chi connectivity index (χ1v) is 11.9. The molecule has 4 aromatic rings. The van der Waals surface area contributed by atoms with Crippen molar-refractivity contribution in [3.05, 3.63) is 66.5 Å². The van der Waals surface area contributed by atoms with E-state index in [2.05, 4.69) is 20.5 Å². The standard InChI is InChI=1S/C20H18FN5O2S3/c1-10-11(2)30-17-15(10)19(28)26(3)20(23-17)29-9-14-24-25-18(31-14)16(27)22-8-12-4-6-13(21)7-5-12/h4-7H,8-9H2,1-3H3,(H,22,27). The molecule has 3 aromatic heterocycles. The van der Waals surface area contributed by atoms with Crippen LogP contribution in [0.5, 0.6) is 0 Å². The molecule has 0 bridgehead atoms. The van der Waals surface area contributed by atoms with Crippen molar-refractivity contribution in [1.82, 2.24) is 25.1 Å². The van der Waals surface area contributed by atoms with Crippen LogP contribution < -0.4 is 10.9 Å². The quantitative estimate of drug-likeness (QED) is 0.337. The van der Waals surface area contributed by atoms with E-state index in [1.165, 1.54) is 46.6 Å². The number of thioether (sulfide) groups is 1. The summed E-state index contributed by atoms with van der Waals surface area (Å²) in [5.74, 6) is -0.218. The molecule has 0 aliphatic rings. The number of nitrogens with zero attached hydrogens (tertiary/aromatic N) is 4. The maximum atomic E-state index is 13.0. The summed E-state index contributed by atoms with van der Waals surface area (Å²) in [5, 5.41) is 13.0.